The number of rotatable bonds is 3. The van der Waals surface area contributed by atoms with Gasteiger partial charge in [-0.2, -0.15) is 0 Å². The molecule has 1 aromatic rings. The van der Waals surface area contributed by atoms with Gasteiger partial charge in [0.05, 0.1) is 0 Å². The molecule has 0 radical (unpaired) electrons. The van der Waals surface area contributed by atoms with Crippen molar-refractivity contribution >= 4 is 44.4 Å². The average molecular weight is 468 g/mol. The topological polar surface area (TPSA) is 93.6 Å². The van der Waals surface area contributed by atoms with Gasteiger partial charge >= 0.3 is 0 Å². The maximum Gasteiger partial charge on any atom is 0.255 e. The van der Waals surface area contributed by atoms with E-state index in [9.17, 15) is 14.4 Å². The smallest absolute Gasteiger partial charge is 0.255 e. The quantitative estimate of drug-likeness (QED) is 0.404. The average Bonchev–Trinajstić information content (AvgIpc) is 2.98. The van der Waals surface area contributed by atoms with Crippen molar-refractivity contribution in [2.24, 2.45) is 0 Å². The Kier molecular flexibility index (Phi) is 4.76. The number of fused-ring (bicyclic) bond motifs is 1. The molecule has 3 amide bonds. The summed E-state index contributed by atoms with van der Waals surface area (Å²) in [6, 6.07) is 5.35. The number of carbonyl (C=O) groups is 3. The zero-order valence-corrected chi connectivity index (χ0v) is 16.5. The second-order valence-electron chi connectivity index (χ2n) is 7.01. The van der Waals surface area contributed by atoms with Crippen LogP contribution in [0, 0.1) is 3.56 Å². The number of hydrogen-bond donors (Lipinski definition) is 2. The van der Waals surface area contributed by atoms with Crippen molar-refractivity contribution in [3.8, 4) is 0 Å². The van der Waals surface area contributed by atoms with Gasteiger partial charge in [0, 0.05) is 41.2 Å². The first-order valence-electron chi connectivity index (χ1n) is 8.88. The number of anilines is 1. The summed E-state index contributed by atoms with van der Waals surface area (Å²) in [5.74, 6) is -0.765. The highest BCUT2D eigenvalue weighted by Crippen LogP contribution is 2.32. The minimum atomic E-state index is -0.562. The van der Waals surface area contributed by atoms with Gasteiger partial charge in [-0.25, -0.2) is 0 Å². The molecule has 26 heavy (non-hydrogen) atoms. The van der Waals surface area contributed by atoms with Crippen LogP contribution in [0.25, 0.3) is 0 Å². The SMILES string of the molecule is N=IC1CCN(c2ccc3c(c2)CN(C2CCC(=O)NC2=O)C3=O)CC1. The lowest BCUT2D eigenvalue weighted by Crippen LogP contribution is -2.52. The Morgan fingerprint density at radius 2 is 1.88 bits per heavy atom. The summed E-state index contributed by atoms with van der Waals surface area (Å²) in [4.78, 5) is 40.1. The lowest BCUT2D eigenvalue weighted by atomic mass is 10.0. The van der Waals surface area contributed by atoms with Crippen LogP contribution in [-0.4, -0.2) is 45.7 Å². The molecule has 1 atom stereocenters. The molecule has 2 fully saturated rings. The van der Waals surface area contributed by atoms with Gasteiger partial charge in [-0.1, -0.05) is 0 Å². The number of hydrogen-bond acceptors (Lipinski definition) is 5. The highest BCUT2D eigenvalue weighted by Gasteiger charge is 2.39. The predicted octanol–water partition coefficient (Wildman–Crippen LogP) is 2.15. The number of halogens is 1. The zero-order valence-electron chi connectivity index (χ0n) is 14.3. The number of amides is 3. The molecule has 0 spiro atoms. The Balaban J connectivity index is 1.51. The Hall–Kier alpha value is -1.84. The molecule has 8 heteroatoms. The molecular formula is C18H21IN4O3. The maximum absolute atomic E-state index is 12.7. The molecule has 7 nitrogen and oxygen atoms in total. The molecular weight excluding hydrogens is 447 g/mol. The first-order chi connectivity index (χ1) is 12.6. The van der Waals surface area contributed by atoms with E-state index >= 15 is 0 Å². The van der Waals surface area contributed by atoms with Crippen LogP contribution in [0.5, 0.6) is 0 Å². The molecule has 2 saturated heterocycles. The van der Waals surface area contributed by atoms with Gasteiger partial charge in [-0.05, 0) is 64.1 Å². The second-order valence-corrected chi connectivity index (χ2v) is 9.40. The van der Waals surface area contributed by atoms with E-state index in [2.05, 4.69) is 16.3 Å². The fourth-order valence-electron chi connectivity index (χ4n) is 3.97. The summed E-state index contributed by atoms with van der Waals surface area (Å²) in [5, 5.41) is 2.33. The van der Waals surface area contributed by atoms with Crippen LogP contribution in [0.1, 0.15) is 41.6 Å². The van der Waals surface area contributed by atoms with Crippen molar-refractivity contribution in [2.45, 2.75) is 42.2 Å². The molecule has 0 saturated carbocycles. The minimum absolute atomic E-state index is 0.126. The lowest BCUT2D eigenvalue weighted by Gasteiger charge is -2.32. The van der Waals surface area contributed by atoms with Crippen LogP contribution in [0.4, 0.5) is 5.69 Å². The number of carbonyl (C=O) groups excluding carboxylic acids is 3. The molecule has 0 aromatic heterocycles. The van der Waals surface area contributed by atoms with Gasteiger partial charge in [-0.15, -0.1) is 0 Å². The van der Waals surface area contributed by atoms with Gasteiger partial charge in [0.15, 0.2) is 0 Å². The lowest BCUT2D eigenvalue weighted by molar-refractivity contribution is -0.136. The van der Waals surface area contributed by atoms with E-state index in [4.69, 9.17) is 3.56 Å². The van der Waals surface area contributed by atoms with E-state index in [1.54, 1.807) is 4.90 Å². The number of nitrogens with one attached hydrogen (secondary N) is 2. The summed E-state index contributed by atoms with van der Waals surface area (Å²) in [7, 11) is 0. The molecule has 2 N–H and O–H groups in total. The van der Waals surface area contributed by atoms with E-state index in [1.165, 1.54) is 0 Å². The molecule has 0 bridgehead atoms. The van der Waals surface area contributed by atoms with Crippen molar-refractivity contribution in [3.63, 3.8) is 0 Å². The molecule has 1 unspecified atom stereocenters. The van der Waals surface area contributed by atoms with Crippen LogP contribution < -0.4 is 10.2 Å². The van der Waals surface area contributed by atoms with Crippen LogP contribution in [0.15, 0.2) is 18.2 Å². The van der Waals surface area contributed by atoms with Crippen LogP contribution in [0.2, 0.25) is 0 Å². The molecule has 4 rings (SSSR count). The molecule has 3 heterocycles. The number of benzene rings is 1. The van der Waals surface area contributed by atoms with E-state index < -0.39 is 27.1 Å². The van der Waals surface area contributed by atoms with Gasteiger partial charge in [0.1, 0.15) is 6.04 Å². The first kappa shape index (κ1) is 17.6. The normalized spacial score (nSPS) is 24.0. The fraction of sp³-hybridized carbons (Fsp3) is 0.500. The zero-order chi connectivity index (χ0) is 18.3. The van der Waals surface area contributed by atoms with Gasteiger partial charge in [-0.3, -0.25) is 23.3 Å². The number of alkyl halides is 1. The largest absolute Gasteiger partial charge is 0.371 e. The molecule has 3 aliphatic rings. The molecule has 1 aromatic carbocycles. The van der Waals surface area contributed by atoms with Crippen LogP contribution in [-0.2, 0) is 16.1 Å². The summed E-state index contributed by atoms with van der Waals surface area (Å²) in [6.45, 7) is 2.35. The number of imide groups is 1. The van der Waals surface area contributed by atoms with Gasteiger partial charge in [0.25, 0.3) is 5.91 Å². The van der Waals surface area contributed by atoms with Crippen molar-refractivity contribution in [1.82, 2.24) is 10.2 Å². The van der Waals surface area contributed by atoms with Crippen LogP contribution >= 0.6 is 21.0 Å². The second kappa shape index (κ2) is 7.05. The number of nitrogens with zero attached hydrogens (tertiary/aromatic N) is 2. The van der Waals surface area contributed by atoms with Crippen molar-refractivity contribution in [3.05, 3.63) is 29.3 Å². The maximum atomic E-state index is 12.7. The predicted molar refractivity (Wildman–Crippen MR) is 104 cm³/mol. The Morgan fingerprint density at radius 1 is 1.12 bits per heavy atom. The van der Waals surface area contributed by atoms with E-state index in [1.807, 2.05) is 12.1 Å². The van der Waals surface area contributed by atoms with Gasteiger partial charge in [0.2, 0.25) is 11.8 Å². The van der Waals surface area contributed by atoms with Crippen LogP contribution in [0.3, 0.4) is 0 Å². The monoisotopic (exact) mass is 468 g/mol. The van der Waals surface area contributed by atoms with Crippen molar-refractivity contribution < 1.29 is 14.4 Å². The summed E-state index contributed by atoms with van der Waals surface area (Å²) < 4.78 is 8.23. The van der Waals surface area contributed by atoms with E-state index in [0.29, 0.717) is 22.5 Å². The number of piperidine rings is 2. The van der Waals surface area contributed by atoms with Crippen molar-refractivity contribution in [1.29, 1.82) is 3.56 Å². The summed E-state index contributed by atoms with van der Waals surface area (Å²) in [6.07, 6.45) is 2.82. The molecule has 138 valence electrons. The molecule has 3 aliphatic heterocycles. The molecule has 0 aliphatic carbocycles. The Bertz CT molecular complexity index is 789. The highest BCUT2D eigenvalue weighted by atomic mass is 127. The van der Waals surface area contributed by atoms with E-state index in [0.717, 1.165) is 37.2 Å². The van der Waals surface area contributed by atoms with Gasteiger partial charge < -0.3 is 9.80 Å². The fourth-order valence-corrected chi connectivity index (χ4v) is 5.15. The third-order valence-corrected chi connectivity index (χ3v) is 7.58. The summed E-state index contributed by atoms with van der Waals surface area (Å²) in [5.41, 5.74) is 2.72. The third kappa shape index (κ3) is 3.15. The standard InChI is InChI=1S/C18H21IN4O3/c20-19-12-5-7-22(8-6-12)13-1-2-14-11(9-13)10-23(18(14)26)15-3-4-16(24)21-17(15)25/h1-2,9,12,15,20H,3-8,10H2,(H,21,24,25). The highest BCUT2D eigenvalue weighted by molar-refractivity contribution is 14.1. The third-order valence-electron chi connectivity index (χ3n) is 5.45. The Morgan fingerprint density at radius 3 is 2.58 bits per heavy atom. The summed E-state index contributed by atoms with van der Waals surface area (Å²) >= 11 is -0.426. The van der Waals surface area contributed by atoms with Crippen molar-refractivity contribution in [2.75, 3.05) is 18.0 Å². The van der Waals surface area contributed by atoms with E-state index in [-0.39, 0.29) is 24.1 Å². The first-order valence-corrected chi connectivity index (χ1v) is 11.2. The minimum Gasteiger partial charge on any atom is -0.371 e. The Labute approximate surface area is 162 Å².